The van der Waals surface area contributed by atoms with E-state index in [0.717, 1.165) is 12.8 Å². The first-order chi connectivity index (χ1) is 12.5. The van der Waals surface area contributed by atoms with Crippen molar-refractivity contribution in [2.45, 2.75) is 51.2 Å². The molecule has 0 bridgehead atoms. The van der Waals surface area contributed by atoms with Gasteiger partial charge in [-0.15, -0.1) is 0 Å². The predicted octanol–water partition coefficient (Wildman–Crippen LogP) is 3.17. The normalized spacial score (nSPS) is 20.0. The molecule has 2 saturated heterocycles. The zero-order valence-corrected chi connectivity index (χ0v) is 15.4. The lowest BCUT2D eigenvalue weighted by Crippen LogP contribution is -2.49. The Balaban J connectivity index is 1.65. The largest absolute Gasteiger partial charge is 0.441 e. The molecule has 1 atom stereocenters. The van der Waals surface area contributed by atoms with Crippen LogP contribution in [-0.2, 0) is 4.74 Å². The van der Waals surface area contributed by atoms with E-state index in [1.54, 1.807) is 29.2 Å². The summed E-state index contributed by atoms with van der Waals surface area (Å²) in [6.45, 7) is 5.83. The zero-order valence-electron chi connectivity index (χ0n) is 15.4. The summed E-state index contributed by atoms with van der Waals surface area (Å²) >= 11 is 0. The summed E-state index contributed by atoms with van der Waals surface area (Å²) in [6, 6.07) is 9.12. The minimum atomic E-state index is -0.482. The molecular weight excluding hydrogens is 330 g/mol. The second-order valence-electron chi connectivity index (χ2n) is 7.27. The molecule has 1 aromatic rings. The summed E-state index contributed by atoms with van der Waals surface area (Å²) in [6.07, 6.45) is 3.02. The highest BCUT2D eigenvalue weighted by molar-refractivity contribution is 5.96. The van der Waals surface area contributed by atoms with Crippen LogP contribution in [0.15, 0.2) is 24.3 Å². The van der Waals surface area contributed by atoms with Crippen LogP contribution in [0.5, 0.6) is 0 Å². The molecule has 0 N–H and O–H groups in total. The third-order valence-corrected chi connectivity index (χ3v) is 5.48. The molecule has 0 aromatic heterocycles. The minimum absolute atomic E-state index is 0.127. The lowest BCUT2D eigenvalue weighted by molar-refractivity contribution is 0.00306. The maximum absolute atomic E-state index is 12.8. The number of nitriles is 1. The Hall–Kier alpha value is -2.55. The van der Waals surface area contributed by atoms with Crippen molar-refractivity contribution in [3.63, 3.8) is 0 Å². The van der Waals surface area contributed by atoms with Crippen molar-refractivity contribution in [3.05, 3.63) is 35.4 Å². The van der Waals surface area contributed by atoms with Gasteiger partial charge in [-0.3, -0.25) is 4.79 Å². The Morgan fingerprint density at radius 1 is 1.35 bits per heavy atom. The Bertz CT molecular complexity index is 732. The second kappa shape index (κ2) is 7.36. The van der Waals surface area contributed by atoms with Crippen LogP contribution >= 0.6 is 0 Å². The van der Waals surface area contributed by atoms with Crippen molar-refractivity contribution >= 4 is 12.0 Å². The van der Waals surface area contributed by atoms with Gasteiger partial charge in [0.15, 0.2) is 0 Å². The van der Waals surface area contributed by atoms with Gasteiger partial charge in [0.05, 0.1) is 23.7 Å². The summed E-state index contributed by atoms with van der Waals surface area (Å²) < 4.78 is 5.75. The van der Waals surface area contributed by atoms with Crippen LogP contribution in [-0.4, -0.2) is 53.1 Å². The first kappa shape index (κ1) is 18.2. The molecule has 0 aliphatic carbocycles. The van der Waals surface area contributed by atoms with E-state index in [1.165, 1.54) is 0 Å². The van der Waals surface area contributed by atoms with Crippen molar-refractivity contribution in [2.24, 2.45) is 0 Å². The average molecular weight is 355 g/mol. The lowest BCUT2D eigenvalue weighted by Gasteiger charge is -2.37. The maximum atomic E-state index is 12.8. The molecule has 6 nitrogen and oxygen atoms in total. The number of nitrogens with zero attached hydrogens (tertiary/aromatic N) is 3. The van der Waals surface area contributed by atoms with E-state index in [4.69, 9.17) is 4.74 Å². The molecule has 2 amide bonds. The molecule has 1 unspecified atom stereocenters. The van der Waals surface area contributed by atoms with Gasteiger partial charge in [0.25, 0.3) is 5.91 Å². The molecule has 6 heteroatoms. The first-order valence-corrected chi connectivity index (χ1v) is 9.27. The molecule has 2 aliphatic rings. The van der Waals surface area contributed by atoms with Crippen LogP contribution in [0.4, 0.5) is 4.79 Å². The molecule has 26 heavy (non-hydrogen) atoms. The number of carbonyl (C=O) groups is 2. The molecular formula is C20H25N3O3. The van der Waals surface area contributed by atoms with Gasteiger partial charge >= 0.3 is 6.09 Å². The Labute approximate surface area is 154 Å². The number of hydrogen-bond acceptors (Lipinski definition) is 4. The van der Waals surface area contributed by atoms with E-state index >= 15 is 0 Å². The Morgan fingerprint density at radius 2 is 2.04 bits per heavy atom. The summed E-state index contributed by atoms with van der Waals surface area (Å²) in [4.78, 5) is 28.6. The number of ether oxygens (including phenoxy) is 1. The average Bonchev–Trinajstić information content (AvgIpc) is 2.98. The van der Waals surface area contributed by atoms with Crippen molar-refractivity contribution in [1.29, 1.82) is 5.26 Å². The van der Waals surface area contributed by atoms with Crippen molar-refractivity contribution in [1.82, 2.24) is 9.80 Å². The summed E-state index contributed by atoms with van der Waals surface area (Å²) in [5.74, 6) is -0.127. The van der Waals surface area contributed by atoms with E-state index in [-0.39, 0.29) is 18.0 Å². The van der Waals surface area contributed by atoms with Gasteiger partial charge in [-0.05, 0) is 25.5 Å². The van der Waals surface area contributed by atoms with Crippen LogP contribution in [0.1, 0.15) is 55.5 Å². The standard InChI is InChI=1S/C20H25N3O3/c1-3-6-15(2)23-14-20(26-19(23)25)9-11-22(12-10-20)18(24)17-8-5-4-7-16(17)13-21/h4-5,7-8,15H,3,6,9-12,14H2,1-2H3. The van der Waals surface area contributed by atoms with Gasteiger partial charge in [0.2, 0.25) is 0 Å². The van der Waals surface area contributed by atoms with Crippen molar-refractivity contribution in [2.75, 3.05) is 19.6 Å². The molecule has 0 saturated carbocycles. The van der Waals surface area contributed by atoms with Gasteiger partial charge in [-0.25, -0.2) is 4.79 Å². The molecule has 2 aliphatic heterocycles. The summed E-state index contributed by atoms with van der Waals surface area (Å²) in [5, 5.41) is 9.20. The highest BCUT2D eigenvalue weighted by Crippen LogP contribution is 2.35. The lowest BCUT2D eigenvalue weighted by atomic mass is 9.90. The molecule has 0 radical (unpaired) electrons. The van der Waals surface area contributed by atoms with Gasteiger partial charge in [-0.2, -0.15) is 5.26 Å². The van der Waals surface area contributed by atoms with E-state index in [9.17, 15) is 14.9 Å². The monoisotopic (exact) mass is 355 g/mol. The second-order valence-corrected chi connectivity index (χ2v) is 7.27. The number of likely N-dealkylation sites (tertiary alicyclic amines) is 1. The highest BCUT2D eigenvalue weighted by Gasteiger charge is 2.48. The number of piperidine rings is 1. The molecule has 3 rings (SSSR count). The summed E-state index contributed by atoms with van der Waals surface area (Å²) in [7, 11) is 0. The fraction of sp³-hybridized carbons (Fsp3) is 0.550. The smallest absolute Gasteiger partial charge is 0.410 e. The molecule has 2 heterocycles. The maximum Gasteiger partial charge on any atom is 0.410 e. The van der Waals surface area contributed by atoms with Crippen molar-refractivity contribution in [3.8, 4) is 6.07 Å². The molecule has 1 aromatic carbocycles. The molecule has 1 spiro atoms. The van der Waals surface area contributed by atoms with Crippen LogP contribution in [0.2, 0.25) is 0 Å². The van der Waals surface area contributed by atoms with Crippen LogP contribution in [0.3, 0.4) is 0 Å². The number of amides is 2. The first-order valence-electron chi connectivity index (χ1n) is 9.27. The third-order valence-electron chi connectivity index (χ3n) is 5.48. The SMILES string of the molecule is CCCC(C)N1CC2(CCN(C(=O)c3ccccc3C#N)CC2)OC1=O. The number of carbonyl (C=O) groups excluding carboxylic acids is 2. The number of benzene rings is 1. The quantitative estimate of drug-likeness (QED) is 0.831. The topological polar surface area (TPSA) is 73.6 Å². The van der Waals surface area contributed by atoms with Crippen molar-refractivity contribution < 1.29 is 14.3 Å². The fourth-order valence-corrected chi connectivity index (χ4v) is 3.88. The van der Waals surface area contributed by atoms with Gasteiger partial charge in [0.1, 0.15) is 5.60 Å². The molecule has 138 valence electrons. The summed E-state index contributed by atoms with van der Waals surface area (Å²) in [5.41, 5.74) is 0.349. The third kappa shape index (κ3) is 3.39. The van der Waals surface area contributed by atoms with E-state index in [1.807, 2.05) is 4.90 Å². The van der Waals surface area contributed by atoms with Crippen LogP contribution < -0.4 is 0 Å². The van der Waals surface area contributed by atoms with E-state index in [2.05, 4.69) is 19.9 Å². The zero-order chi connectivity index (χ0) is 18.7. The predicted molar refractivity (Wildman–Crippen MR) is 96.6 cm³/mol. The van der Waals surface area contributed by atoms with Gasteiger partial charge in [0, 0.05) is 32.0 Å². The van der Waals surface area contributed by atoms with E-state index < -0.39 is 5.60 Å². The Morgan fingerprint density at radius 3 is 2.69 bits per heavy atom. The molecule has 2 fully saturated rings. The minimum Gasteiger partial charge on any atom is -0.441 e. The van der Waals surface area contributed by atoms with Gasteiger partial charge < -0.3 is 14.5 Å². The van der Waals surface area contributed by atoms with Crippen LogP contribution in [0.25, 0.3) is 0 Å². The Kier molecular flexibility index (Phi) is 5.17. The highest BCUT2D eigenvalue weighted by atomic mass is 16.6. The fourth-order valence-electron chi connectivity index (χ4n) is 3.88. The van der Waals surface area contributed by atoms with E-state index in [0.29, 0.717) is 43.6 Å². The van der Waals surface area contributed by atoms with Gasteiger partial charge in [-0.1, -0.05) is 25.5 Å². The van der Waals surface area contributed by atoms with Crippen LogP contribution in [0, 0.1) is 11.3 Å². The number of hydrogen-bond donors (Lipinski definition) is 0. The number of rotatable bonds is 4.